The number of benzene rings is 1. The molecule has 0 saturated carbocycles. The van der Waals surface area contributed by atoms with Crippen LogP contribution in [0.3, 0.4) is 0 Å². The molecule has 0 aliphatic carbocycles. The zero-order valence-electron chi connectivity index (χ0n) is 10.4. The third kappa shape index (κ3) is 4.71. The van der Waals surface area contributed by atoms with Crippen molar-refractivity contribution in [2.45, 2.75) is 13.0 Å². The fourth-order valence-corrected chi connectivity index (χ4v) is 1.78. The van der Waals surface area contributed by atoms with E-state index < -0.39 is 0 Å². The maximum Gasteiger partial charge on any atom is 0.166 e. The molecule has 0 unspecified atom stereocenters. The van der Waals surface area contributed by atoms with Gasteiger partial charge >= 0.3 is 0 Å². The van der Waals surface area contributed by atoms with Crippen LogP contribution < -0.4 is 10.6 Å². The molecule has 2 N–H and O–H groups in total. The number of furan rings is 1. The molecule has 1 aromatic carbocycles. The summed E-state index contributed by atoms with van der Waals surface area (Å²) in [5.41, 5.74) is 0.983. The Balaban J connectivity index is 1.65. The van der Waals surface area contributed by atoms with Gasteiger partial charge in [-0.1, -0.05) is 12.1 Å². The van der Waals surface area contributed by atoms with Gasteiger partial charge in [0, 0.05) is 19.5 Å². The Kier molecular flexibility index (Phi) is 4.92. The summed E-state index contributed by atoms with van der Waals surface area (Å²) >= 11 is 5.15. The Labute approximate surface area is 116 Å². The van der Waals surface area contributed by atoms with Crippen LogP contribution in [0.2, 0.25) is 0 Å². The highest BCUT2D eigenvalue weighted by Gasteiger charge is 1.99. The number of hydrogen-bond acceptors (Lipinski definition) is 2. The van der Waals surface area contributed by atoms with Crippen LogP contribution in [0.5, 0.6) is 0 Å². The summed E-state index contributed by atoms with van der Waals surface area (Å²) in [5, 5.41) is 6.73. The van der Waals surface area contributed by atoms with Crippen molar-refractivity contribution >= 4 is 17.3 Å². The summed E-state index contributed by atoms with van der Waals surface area (Å²) in [7, 11) is 0. The van der Waals surface area contributed by atoms with Gasteiger partial charge in [0.15, 0.2) is 5.11 Å². The molecule has 0 radical (unpaired) electrons. The normalized spacial score (nSPS) is 10.2. The van der Waals surface area contributed by atoms with Crippen molar-refractivity contribution in [3.8, 4) is 0 Å². The second kappa shape index (κ2) is 6.89. The summed E-state index contributed by atoms with van der Waals surface area (Å²) in [6.45, 7) is 1.29. The van der Waals surface area contributed by atoms with E-state index in [-0.39, 0.29) is 5.82 Å². The fourth-order valence-electron chi connectivity index (χ4n) is 1.60. The van der Waals surface area contributed by atoms with Gasteiger partial charge in [-0.2, -0.15) is 0 Å². The van der Waals surface area contributed by atoms with E-state index >= 15 is 0 Å². The summed E-state index contributed by atoms with van der Waals surface area (Å²) in [4.78, 5) is 0. The lowest BCUT2D eigenvalue weighted by molar-refractivity contribution is 0.507. The van der Waals surface area contributed by atoms with Crippen molar-refractivity contribution in [2.75, 3.05) is 6.54 Å². The molecule has 0 bridgehead atoms. The molecule has 2 rings (SSSR count). The molecule has 100 valence electrons. The molecule has 0 fully saturated rings. The zero-order valence-corrected chi connectivity index (χ0v) is 11.2. The molecular formula is C14H15FN2OS. The van der Waals surface area contributed by atoms with Crippen LogP contribution >= 0.6 is 12.2 Å². The number of hydrogen-bond donors (Lipinski definition) is 2. The minimum absolute atomic E-state index is 0.233. The first kappa shape index (κ1) is 13.5. The van der Waals surface area contributed by atoms with Crippen LogP contribution in [0.4, 0.5) is 4.39 Å². The first-order chi connectivity index (χ1) is 9.24. The van der Waals surface area contributed by atoms with Crippen molar-refractivity contribution < 1.29 is 8.81 Å². The van der Waals surface area contributed by atoms with E-state index in [9.17, 15) is 4.39 Å². The highest BCUT2D eigenvalue weighted by atomic mass is 32.1. The van der Waals surface area contributed by atoms with Crippen molar-refractivity contribution in [3.05, 3.63) is 59.8 Å². The first-order valence-corrected chi connectivity index (χ1v) is 6.43. The lowest BCUT2D eigenvalue weighted by atomic mass is 10.2. The predicted molar refractivity (Wildman–Crippen MR) is 76.3 cm³/mol. The Hall–Kier alpha value is -1.88. The largest absolute Gasteiger partial charge is 0.469 e. The van der Waals surface area contributed by atoms with Crippen LogP contribution in [0.15, 0.2) is 47.1 Å². The van der Waals surface area contributed by atoms with Crippen LogP contribution in [0.25, 0.3) is 0 Å². The van der Waals surface area contributed by atoms with Crippen molar-refractivity contribution in [2.24, 2.45) is 0 Å². The number of rotatable bonds is 5. The first-order valence-electron chi connectivity index (χ1n) is 6.02. The topological polar surface area (TPSA) is 37.2 Å². The lowest BCUT2D eigenvalue weighted by Gasteiger charge is -2.09. The van der Waals surface area contributed by atoms with Crippen LogP contribution in [0, 0.1) is 5.82 Å². The van der Waals surface area contributed by atoms with E-state index in [1.807, 2.05) is 12.1 Å². The molecule has 1 aromatic heterocycles. The van der Waals surface area contributed by atoms with E-state index in [4.69, 9.17) is 16.6 Å². The molecule has 0 spiro atoms. The second-order valence-electron chi connectivity index (χ2n) is 4.07. The number of thiocarbonyl (C=S) groups is 1. The smallest absolute Gasteiger partial charge is 0.166 e. The fraction of sp³-hybridized carbons (Fsp3) is 0.214. The molecular weight excluding hydrogens is 263 g/mol. The second-order valence-corrected chi connectivity index (χ2v) is 4.47. The number of nitrogens with one attached hydrogen (secondary N) is 2. The summed E-state index contributed by atoms with van der Waals surface area (Å²) in [6.07, 6.45) is 2.44. The molecule has 0 aliphatic heterocycles. The molecule has 0 atom stereocenters. The summed E-state index contributed by atoms with van der Waals surface area (Å²) in [6, 6.07) is 10.1. The average molecular weight is 278 g/mol. The lowest BCUT2D eigenvalue weighted by Crippen LogP contribution is -2.35. The Bertz CT molecular complexity index is 511. The summed E-state index contributed by atoms with van der Waals surface area (Å²) in [5.74, 6) is 0.691. The van der Waals surface area contributed by atoms with Gasteiger partial charge < -0.3 is 15.1 Å². The van der Waals surface area contributed by atoms with E-state index in [0.29, 0.717) is 18.2 Å². The standard InChI is InChI=1S/C14H15FN2OS/c15-12-5-3-11(4-6-12)10-17-14(19)16-8-7-13-2-1-9-18-13/h1-6,9H,7-8,10H2,(H2,16,17,19). The van der Waals surface area contributed by atoms with Gasteiger partial charge in [0.1, 0.15) is 11.6 Å². The van der Waals surface area contributed by atoms with E-state index in [0.717, 1.165) is 17.7 Å². The monoisotopic (exact) mass is 278 g/mol. The minimum Gasteiger partial charge on any atom is -0.469 e. The van der Waals surface area contributed by atoms with E-state index in [1.54, 1.807) is 18.4 Å². The van der Waals surface area contributed by atoms with E-state index in [1.165, 1.54) is 12.1 Å². The van der Waals surface area contributed by atoms with Gasteiger partial charge in [-0.15, -0.1) is 0 Å². The SMILES string of the molecule is Fc1ccc(CNC(=S)NCCc2ccco2)cc1. The third-order valence-electron chi connectivity index (χ3n) is 2.60. The Morgan fingerprint density at radius 3 is 2.63 bits per heavy atom. The molecule has 2 aromatic rings. The predicted octanol–water partition coefficient (Wildman–Crippen LogP) is 2.63. The average Bonchev–Trinajstić information content (AvgIpc) is 2.91. The number of halogens is 1. The quantitative estimate of drug-likeness (QED) is 0.825. The Morgan fingerprint density at radius 2 is 1.95 bits per heavy atom. The van der Waals surface area contributed by atoms with Gasteiger partial charge in [-0.25, -0.2) is 4.39 Å². The maximum absolute atomic E-state index is 12.7. The molecule has 1 heterocycles. The minimum atomic E-state index is -0.233. The molecule has 3 nitrogen and oxygen atoms in total. The van der Waals surface area contributed by atoms with Gasteiger partial charge in [-0.05, 0) is 42.0 Å². The van der Waals surface area contributed by atoms with Crippen LogP contribution in [-0.4, -0.2) is 11.7 Å². The molecule has 19 heavy (non-hydrogen) atoms. The van der Waals surface area contributed by atoms with Gasteiger partial charge in [0.25, 0.3) is 0 Å². The van der Waals surface area contributed by atoms with Crippen LogP contribution in [-0.2, 0) is 13.0 Å². The highest BCUT2D eigenvalue weighted by Crippen LogP contribution is 2.02. The summed E-state index contributed by atoms with van der Waals surface area (Å²) < 4.78 is 17.9. The Morgan fingerprint density at radius 1 is 1.16 bits per heavy atom. The van der Waals surface area contributed by atoms with Gasteiger partial charge in [0.05, 0.1) is 6.26 Å². The molecule has 0 amide bonds. The van der Waals surface area contributed by atoms with Crippen LogP contribution in [0.1, 0.15) is 11.3 Å². The molecule has 0 aliphatic rings. The molecule has 0 saturated heterocycles. The van der Waals surface area contributed by atoms with E-state index in [2.05, 4.69) is 10.6 Å². The molecule has 5 heteroatoms. The highest BCUT2D eigenvalue weighted by molar-refractivity contribution is 7.80. The maximum atomic E-state index is 12.7. The van der Waals surface area contributed by atoms with Gasteiger partial charge in [-0.3, -0.25) is 0 Å². The van der Waals surface area contributed by atoms with Crippen molar-refractivity contribution in [1.82, 2.24) is 10.6 Å². The van der Waals surface area contributed by atoms with Crippen molar-refractivity contribution in [3.63, 3.8) is 0 Å². The zero-order chi connectivity index (χ0) is 13.5. The third-order valence-corrected chi connectivity index (χ3v) is 2.89. The van der Waals surface area contributed by atoms with Gasteiger partial charge in [0.2, 0.25) is 0 Å². The van der Waals surface area contributed by atoms with Crippen molar-refractivity contribution in [1.29, 1.82) is 0 Å².